The van der Waals surface area contributed by atoms with Gasteiger partial charge in [-0.2, -0.15) is 0 Å². The molecular formula is C18H26N2O3S. The maximum Gasteiger partial charge on any atom is 0.222 e. The number of nitrogens with zero attached hydrogens (tertiary/aromatic N) is 2. The number of carbonyl (C=O) groups excluding carboxylic acids is 1. The second-order valence-corrected chi connectivity index (χ2v) is 8.49. The smallest absolute Gasteiger partial charge is 0.222 e. The predicted octanol–water partition coefficient (Wildman–Crippen LogP) is 1.67. The zero-order valence-electron chi connectivity index (χ0n) is 14.2. The van der Waals surface area contributed by atoms with Crippen molar-refractivity contribution >= 4 is 21.8 Å². The monoisotopic (exact) mass is 350 g/mol. The van der Waals surface area contributed by atoms with Crippen molar-refractivity contribution in [3.05, 3.63) is 42.0 Å². The van der Waals surface area contributed by atoms with Gasteiger partial charge in [-0.05, 0) is 12.0 Å². The third-order valence-corrected chi connectivity index (χ3v) is 5.13. The number of rotatable bonds is 7. The Kier molecular flexibility index (Phi) is 6.99. The minimum absolute atomic E-state index is 0.0677. The highest BCUT2D eigenvalue weighted by Crippen LogP contribution is 2.07. The molecule has 0 N–H and O–H groups in total. The van der Waals surface area contributed by atoms with Crippen molar-refractivity contribution in [1.82, 2.24) is 9.80 Å². The second-order valence-electron chi connectivity index (χ2n) is 6.23. The Hall–Kier alpha value is -1.66. The second kappa shape index (κ2) is 8.99. The molecule has 1 heterocycles. The van der Waals surface area contributed by atoms with Crippen LogP contribution in [-0.2, 0) is 14.6 Å². The van der Waals surface area contributed by atoms with E-state index in [4.69, 9.17) is 0 Å². The summed E-state index contributed by atoms with van der Waals surface area (Å²) in [6.07, 6.45) is 6.21. The van der Waals surface area contributed by atoms with Crippen molar-refractivity contribution in [1.29, 1.82) is 0 Å². The van der Waals surface area contributed by atoms with Gasteiger partial charge < -0.3 is 4.90 Å². The predicted molar refractivity (Wildman–Crippen MR) is 97.4 cm³/mol. The molecule has 0 aliphatic carbocycles. The molecule has 0 bridgehead atoms. The van der Waals surface area contributed by atoms with Crippen LogP contribution in [0, 0.1) is 0 Å². The summed E-state index contributed by atoms with van der Waals surface area (Å²) in [5, 5.41) is 0. The van der Waals surface area contributed by atoms with Crippen LogP contribution in [0.4, 0.5) is 0 Å². The Morgan fingerprint density at radius 3 is 2.42 bits per heavy atom. The van der Waals surface area contributed by atoms with E-state index in [0.29, 0.717) is 12.8 Å². The molecule has 6 heteroatoms. The molecule has 1 aromatic carbocycles. The Bertz CT molecular complexity index is 648. The summed E-state index contributed by atoms with van der Waals surface area (Å²) in [5.74, 6) is 0.154. The van der Waals surface area contributed by atoms with Gasteiger partial charge in [0.05, 0.1) is 5.75 Å². The van der Waals surface area contributed by atoms with Crippen LogP contribution in [0.1, 0.15) is 18.4 Å². The first-order valence-electron chi connectivity index (χ1n) is 8.33. The van der Waals surface area contributed by atoms with Crippen LogP contribution in [0.15, 0.2) is 36.4 Å². The van der Waals surface area contributed by atoms with E-state index in [0.717, 1.165) is 32.7 Å². The lowest BCUT2D eigenvalue weighted by Gasteiger charge is -2.34. The average Bonchev–Trinajstić information content (AvgIpc) is 2.55. The minimum atomic E-state index is -2.98. The van der Waals surface area contributed by atoms with Gasteiger partial charge in [0.15, 0.2) is 0 Å². The van der Waals surface area contributed by atoms with E-state index in [9.17, 15) is 13.2 Å². The number of hydrogen-bond donors (Lipinski definition) is 0. The molecule has 1 aromatic rings. The van der Waals surface area contributed by atoms with Gasteiger partial charge in [0, 0.05) is 45.4 Å². The molecular weight excluding hydrogens is 324 g/mol. The van der Waals surface area contributed by atoms with Crippen molar-refractivity contribution in [2.45, 2.75) is 12.8 Å². The van der Waals surface area contributed by atoms with Crippen molar-refractivity contribution < 1.29 is 13.2 Å². The van der Waals surface area contributed by atoms with E-state index in [-0.39, 0.29) is 11.7 Å². The van der Waals surface area contributed by atoms with Gasteiger partial charge in [0.1, 0.15) is 9.84 Å². The number of carbonyl (C=O) groups is 1. The minimum Gasteiger partial charge on any atom is -0.340 e. The van der Waals surface area contributed by atoms with Crippen LogP contribution in [0.2, 0.25) is 0 Å². The Balaban J connectivity index is 1.67. The first-order chi connectivity index (χ1) is 11.4. The van der Waals surface area contributed by atoms with Crippen LogP contribution in [-0.4, -0.2) is 68.9 Å². The summed E-state index contributed by atoms with van der Waals surface area (Å²) >= 11 is 0. The molecule has 5 nitrogen and oxygen atoms in total. The highest BCUT2D eigenvalue weighted by molar-refractivity contribution is 7.90. The molecule has 1 fully saturated rings. The number of amides is 1. The SMILES string of the molecule is CS(=O)(=O)CCCC(=O)N1CCN(C/C=C/c2ccccc2)CC1. The van der Waals surface area contributed by atoms with Crippen molar-refractivity contribution in [3.63, 3.8) is 0 Å². The largest absolute Gasteiger partial charge is 0.340 e. The number of benzene rings is 1. The van der Waals surface area contributed by atoms with Crippen molar-refractivity contribution in [3.8, 4) is 0 Å². The molecule has 1 amide bonds. The highest BCUT2D eigenvalue weighted by atomic mass is 32.2. The quantitative estimate of drug-likeness (QED) is 0.751. The van der Waals surface area contributed by atoms with E-state index >= 15 is 0 Å². The standard InChI is InChI=1S/C18H26N2O3S/c1-24(22,23)16-6-10-18(21)20-14-12-19(13-15-20)11-5-9-17-7-3-2-4-8-17/h2-5,7-9H,6,10-16H2,1H3/b9-5+. The number of sulfone groups is 1. The van der Waals surface area contributed by atoms with Gasteiger partial charge >= 0.3 is 0 Å². The molecule has 0 aromatic heterocycles. The zero-order chi connectivity index (χ0) is 17.4. The Labute approximate surface area is 144 Å². The summed E-state index contributed by atoms with van der Waals surface area (Å²) in [7, 11) is -2.98. The van der Waals surface area contributed by atoms with Crippen LogP contribution in [0.3, 0.4) is 0 Å². The Morgan fingerprint density at radius 1 is 1.12 bits per heavy atom. The fourth-order valence-corrected chi connectivity index (χ4v) is 3.39. The topological polar surface area (TPSA) is 57.7 Å². The molecule has 2 rings (SSSR count). The van der Waals surface area contributed by atoms with E-state index in [2.05, 4.69) is 29.2 Å². The fraction of sp³-hybridized carbons (Fsp3) is 0.500. The molecule has 132 valence electrons. The van der Waals surface area contributed by atoms with Gasteiger partial charge in [-0.1, -0.05) is 42.5 Å². The lowest BCUT2D eigenvalue weighted by molar-refractivity contribution is -0.132. The van der Waals surface area contributed by atoms with E-state index in [1.807, 2.05) is 23.1 Å². The van der Waals surface area contributed by atoms with Crippen LogP contribution in [0.25, 0.3) is 6.08 Å². The maximum atomic E-state index is 12.1. The lowest BCUT2D eigenvalue weighted by Crippen LogP contribution is -2.48. The molecule has 0 atom stereocenters. The fourth-order valence-electron chi connectivity index (χ4n) is 2.73. The first kappa shape index (κ1) is 18.7. The zero-order valence-corrected chi connectivity index (χ0v) is 15.0. The third kappa shape index (κ3) is 6.84. The van der Waals surface area contributed by atoms with Gasteiger partial charge in [0.25, 0.3) is 0 Å². The lowest BCUT2D eigenvalue weighted by atomic mass is 10.2. The maximum absolute atomic E-state index is 12.1. The summed E-state index contributed by atoms with van der Waals surface area (Å²) in [6, 6.07) is 10.2. The normalized spacial score (nSPS) is 16.6. The molecule has 0 radical (unpaired) electrons. The molecule has 0 unspecified atom stereocenters. The average molecular weight is 350 g/mol. The molecule has 1 aliphatic rings. The van der Waals surface area contributed by atoms with Crippen molar-refractivity contribution in [2.24, 2.45) is 0 Å². The van der Waals surface area contributed by atoms with Crippen LogP contribution in [0.5, 0.6) is 0 Å². The Morgan fingerprint density at radius 2 is 1.79 bits per heavy atom. The van der Waals surface area contributed by atoms with E-state index in [1.54, 1.807) is 0 Å². The molecule has 1 aliphatic heterocycles. The summed E-state index contributed by atoms with van der Waals surface area (Å²) < 4.78 is 22.2. The van der Waals surface area contributed by atoms with Crippen LogP contribution < -0.4 is 0 Å². The summed E-state index contributed by atoms with van der Waals surface area (Å²) in [4.78, 5) is 16.3. The van der Waals surface area contributed by atoms with Crippen LogP contribution >= 0.6 is 0 Å². The van der Waals surface area contributed by atoms with Gasteiger partial charge in [-0.25, -0.2) is 8.42 Å². The first-order valence-corrected chi connectivity index (χ1v) is 10.4. The van der Waals surface area contributed by atoms with Gasteiger partial charge in [-0.15, -0.1) is 0 Å². The van der Waals surface area contributed by atoms with Crippen molar-refractivity contribution in [2.75, 3.05) is 44.7 Å². The number of hydrogen-bond acceptors (Lipinski definition) is 4. The van der Waals surface area contributed by atoms with E-state index < -0.39 is 9.84 Å². The third-order valence-electron chi connectivity index (χ3n) is 4.10. The molecule has 0 saturated carbocycles. The van der Waals surface area contributed by atoms with Gasteiger partial charge in [0.2, 0.25) is 5.91 Å². The molecule has 1 saturated heterocycles. The van der Waals surface area contributed by atoms with Gasteiger partial charge in [-0.3, -0.25) is 9.69 Å². The molecule has 0 spiro atoms. The summed E-state index contributed by atoms with van der Waals surface area (Å²) in [5.41, 5.74) is 1.19. The van der Waals surface area contributed by atoms with E-state index in [1.165, 1.54) is 11.8 Å². The molecule has 24 heavy (non-hydrogen) atoms. The summed E-state index contributed by atoms with van der Waals surface area (Å²) in [6.45, 7) is 4.03. The highest BCUT2D eigenvalue weighted by Gasteiger charge is 2.20. The number of piperazine rings is 1.